The van der Waals surface area contributed by atoms with Gasteiger partial charge in [-0.15, -0.1) is 0 Å². The Morgan fingerprint density at radius 3 is 1.53 bits per heavy atom. The molecule has 1 N–H and O–H groups in total. The van der Waals surface area contributed by atoms with Crippen molar-refractivity contribution in [2.75, 3.05) is 6.26 Å². The number of alkyl halides is 6. The van der Waals surface area contributed by atoms with Crippen molar-refractivity contribution in [3.63, 3.8) is 0 Å². The summed E-state index contributed by atoms with van der Waals surface area (Å²) >= 11 is 0. The van der Waals surface area contributed by atoms with E-state index in [9.17, 15) is 39.6 Å². The highest BCUT2D eigenvalue weighted by Gasteiger charge is 2.50. The van der Waals surface area contributed by atoms with Crippen molar-refractivity contribution >= 4 is 15.6 Å². The van der Waals surface area contributed by atoms with Gasteiger partial charge in [0.15, 0.2) is 14.7 Å². The molecule has 0 bridgehead atoms. The molecule has 0 radical (unpaired) electrons. The van der Waals surface area contributed by atoms with Crippen LogP contribution in [-0.2, 0) is 14.6 Å². The Morgan fingerprint density at radius 1 is 1.00 bits per heavy atom. The van der Waals surface area contributed by atoms with Gasteiger partial charge >= 0.3 is 12.4 Å². The third-order valence-electron chi connectivity index (χ3n) is 1.32. The third-order valence-corrected chi connectivity index (χ3v) is 2.44. The molecule has 0 amide bonds. The second-order valence-corrected chi connectivity index (χ2v) is 4.73. The largest absolute Gasteiger partial charge is 0.503 e. The van der Waals surface area contributed by atoms with E-state index in [2.05, 4.69) is 0 Å². The van der Waals surface area contributed by atoms with Crippen LogP contribution < -0.4 is 0 Å². The van der Waals surface area contributed by atoms with Crippen LogP contribution in [0.15, 0.2) is 10.7 Å². The van der Waals surface area contributed by atoms with E-state index >= 15 is 0 Å². The molecule has 0 unspecified atom stereocenters. The van der Waals surface area contributed by atoms with E-state index in [4.69, 9.17) is 5.11 Å². The zero-order chi connectivity index (χ0) is 14.2. The quantitative estimate of drug-likeness (QED) is 0.474. The van der Waals surface area contributed by atoms with Gasteiger partial charge in [0.2, 0.25) is 5.76 Å². The second kappa shape index (κ2) is 4.20. The predicted octanol–water partition coefficient (Wildman–Crippen LogP) is 1.49. The molecule has 17 heavy (non-hydrogen) atoms. The zero-order valence-electron chi connectivity index (χ0n) is 7.85. The number of ketones is 1. The molecule has 0 saturated carbocycles. The van der Waals surface area contributed by atoms with Crippen molar-refractivity contribution in [3.05, 3.63) is 10.7 Å². The molecule has 0 aliphatic heterocycles. The van der Waals surface area contributed by atoms with Crippen LogP contribution in [0, 0.1) is 0 Å². The Bertz CT molecular complexity index is 454. The van der Waals surface area contributed by atoms with Crippen molar-refractivity contribution in [2.24, 2.45) is 0 Å². The molecule has 11 heteroatoms. The summed E-state index contributed by atoms with van der Waals surface area (Å²) in [6.07, 6.45) is -11.7. The Hall–Kier alpha value is -1.26. The van der Waals surface area contributed by atoms with Gasteiger partial charge in [0.25, 0.3) is 5.78 Å². The lowest BCUT2D eigenvalue weighted by atomic mass is 10.3. The molecule has 4 nitrogen and oxygen atoms in total. The van der Waals surface area contributed by atoms with E-state index in [1.54, 1.807) is 0 Å². The normalized spacial score (nSPS) is 15.5. The maximum absolute atomic E-state index is 11.9. The molecule has 0 aliphatic carbocycles. The van der Waals surface area contributed by atoms with Crippen molar-refractivity contribution in [3.8, 4) is 0 Å². The highest BCUT2D eigenvalue weighted by atomic mass is 32.2. The Kier molecular flexibility index (Phi) is 3.89. The second-order valence-electron chi connectivity index (χ2n) is 2.77. The summed E-state index contributed by atoms with van der Waals surface area (Å²) in [6.45, 7) is 0. The van der Waals surface area contributed by atoms with Crippen molar-refractivity contribution < 1.29 is 44.7 Å². The average Bonchev–Trinajstić information content (AvgIpc) is 1.97. The molecule has 0 aromatic rings. The summed E-state index contributed by atoms with van der Waals surface area (Å²) < 4.78 is 92.6. The highest BCUT2D eigenvalue weighted by Crippen LogP contribution is 2.32. The van der Waals surface area contributed by atoms with Gasteiger partial charge < -0.3 is 5.11 Å². The maximum Gasteiger partial charge on any atom is 0.455 e. The van der Waals surface area contributed by atoms with Gasteiger partial charge in [-0.05, 0) is 0 Å². The first-order chi connectivity index (χ1) is 7.19. The maximum atomic E-state index is 11.9. The minimum absolute atomic E-state index is 0.0616. The van der Waals surface area contributed by atoms with Gasteiger partial charge in [-0.25, -0.2) is 8.42 Å². The van der Waals surface area contributed by atoms with Crippen LogP contribution in [0.5, 0.6) is 0 Å². The van der Waals surface area contributed by atoms with Gasteiger partial charge in [-0.3, -0.25) is 4.79 Å². The minimum Gasteiger partial charge on any atom is -0.503 e. The first-order valence-electron chi connectivity index (χ1n) is 3.51. The molecule has 0 atom stereocenters. The lowest BCUT2D eigenvalue weighted by Crippen LogP contribution is -2.31. The molecule has 0 spiro atoms. The highest BCUT2D eigenvalue weighted by molar-refractivity contribution is 7.95. The average molecular weight is 286 g/mol. The zero-order valence-corrected chi connectivity index (χ0v) is 8.66. The first-order valence-corrected chi connectivity index (χ1v) is 5.40. The number of aliphatic hydroxyl groups is 1. The van der Waals surface area contributed by atoms with Crippen LogP contribution in [-0.4, -0.2) is 37.9 Å². The van der Waals surface area contributed by atoms with Gasteiger partial charge in [-0.1, -0.05) is 0 Å². The van der Waals surface area contributed by atoms with E-state index in [1.807, 2.05) is 0 Å². The number of hydrogen-bond donors (Lipinski definition) is 1. The number of carbonyl (C=O) groups excluding carboxylic acids is 1. The number of Topliss-reactive ketones (excluding diaryl/α,β-unsaturated/α-hetero) is 1. The van der Waals surface area contributed by atoms with Crippen LogP contribution in [0.3, 0.4) is 0 Å². The summed E-state index contributed by atoms with van der Waals surface area (Å²) in [4.78, 5) is 7.75. The lowest BCUT2D eigenvalue weighted by Gasteiger charge is -2.12. The van der Waals surface area contributed by atoms with Crippen LogP contribution >= 0.6 is 0 Å². The molecule has 0 aliphatic rings. The Morgan fingerprint density at radius 2 is 1.35 bits per heavy atom. The number of rotatable bonds is 2. The SMILES string of the molecule is CS(=O)(=O)/C(C(=O)C(F)(F)F)=C(/O)C(F)(F)F. The van der Waals surface area contributed by atoms with Crippen LogP contribution in [0.25, 0.3) is 0 Å². The molecule has 0 heterocycles. The number of carbonyl (C=O) groups is 1. The summed E-state index contributed by atoms with van der Waals surface area (Å²) in [6, 6.07) is 0. The van der Waals surface area contributed by atoms with Crippen molar-refractivity contribution in [1.82, 2.24) is 0 Å². The number of hydrogen-bond acceptors (Lipinski definition) is 4. The van der Waals surface area contributed by atoms with Crippen molar-refractivity contribution in [2.45, 2.75) is 12.4 Å². The summed E-state index contributed by atoms with van der Waals surface area (Å²) in [7, 11) is -5.19. The number of aliphatic hydroxyl groups excluding tert-OH is 1. The van der Waals surface area contributed by atoms with Crippen molar-refractivity contribution in [1.29, 1.82) is 0 Å². The summed E-state index contributed by atoms with van der Waals surface area (Å²) in [5.41, 5.74) is 0. The molecule has 0 rings (SSSR count). The predicted molar refractivity (Wildman–Crippen MR) is 41.6 cm³/mol. The first kappa shape index (κ1) is 15.7. The summed E-state index contributed by atoms with van der Waals surface area (Å²) in [5, 5.41) is 8.37. The van der Waals surface area contributed by atoms with E-state index in [1.165, 1.54) is 0 Å². The molecule has 0 aromatic heterocycles. The minimum atomic E-state index is -5.85. The van der Waals surface area contributed by atoms with Crippen LogP contribution in [0.4, 0.5) is 26.3 Å². The van der Waals surface area contributed by atoms with Gasteiger partial charge in [-0.2, -0.15) is 26.3 Å². The van der Waals surface area contributed by atoms with E-state index in [0.29, 0.717) is 0 Å². The fourth-order valence-corrected chi connectivity index (χ4v) is 1.63. The molecule has 0 aromatic carbocycles. The van der Waals surface area contributed by atoms with E-state index in [-0.39, 0.29) is 6.26 Å². The fourth-order valence-electron chi connectivity index (χ4n) is 0.709. The van der Waals surface area contributed by atoms with Gasteiger partial charge in [0.1, 0.15) is 0 Å². The number of sulfone groups is 1. The summed E-state index contributed by atoms with van der Waals surface area (Å²) in [5.74, 6) is -6.38. The van der Waals surface area contributed by atoms with Gasteiger partial charge in [0, 0.05) is 6.26 Å². The molecule has 100 valence electrons. The Balaban J connectivity index is 6.10. The number of halogens is 6. The van der Waals surface area contributed by atoms with Gasteiger partial charge in [0.05, 0.1) is 0 Å². The smallest absolute Gasteiger partial charge is 0.455 e. The fraction of sp³-hybridized carbons (Fsp3) is 0.500. The standard InChI is InChI=1S/C6H4F6O4S/c1-17(15,16)2(3(13)5(7,8)9)4(14)6(10,11)12/h13H,1H3/b3-2+. The Labute approximate surface area is 90.4 Å². The third kappa shape index (κ3) is 3.91. The molecular weight excluding hydrogens is 282 g/mol. The number of allylic oxidation sites excluding steroid dienone is 2. The molecular formula is C6H4F6O4S. The van der Waals surface area contributed by atoms with E-state index in [0.717, 1.165) is 0 Å². The topological polar surface area (TPSA) is 71.4 Å². The lowest BCUT2D eigenvalue weighted by molar-refractivity contribution is -0.167. The van der Waals surface area contributed by atoms with Crippen LogP contribution in [0.1, 0.15) is 0 Å². The monoisotopic (exact) mass is 286 g/mol. The molecule has 0 saturated heterocycles. The molecule has 0 fully saturated rings. The van der Waals surface area contributed by atoms with Crippen LogP contribution in [0.2, 0.25) is 0 Å². The van der Waals surface area contributed by atoms with E-state index < -0.39 is 38.6 Å².